The molecule has 100 valence electrons. The molecule has 0 spiro atoms. The van der Waals surface area contributed by atoms with E-state index in [1.54, 1.807) is 0 Å². The van der Waals surface area contributed by atoms with Crippen molar-refractivity contribution in [2.24, 2.45) is 0 Å². The molecule has 0 aliphatic carbocycles. The lowest BCUT2D eigenvalue weighted by Gasteiger charge is -2.13. The van der Waals surface area contributed by atoms with Crippen molar-refractivity contribution in [3.8, 4) is 0 Å². The molecule has 2 aromatic rings. The molecule has 2 N–H and O–H groups in total. The lowest BCUT2D eigenvalue weighted by Crippen LogP contribution is -2.10. The van der Waals surface area contributed by atoms with E-state index >= 15 is 0 Å². The Balaban J connectivity index is 2.19. The highest BCUT2D eigenvalue weighted by Crippen LogP contribution is 2.23. The summed E-state index contributed by atoms with van der Waals surface area (Å²) in [6.07, 6.45) is 2.71. The molecule has 0 bridgehead atoms. The first-order chi connectivity index (χ1) is 8.97. The number of hydrogen-bond donors (Lipinski definition) is 2. The monoisotopic (exact) mass is 261 g/mol. The van der Waals surface area contributed by atoms with Crippen LogP contribution in [-0.4, -0.2) is 21.0 Å². The van der Waals surface area contributed by atoms with Gasteiger partial charge in [-0.3, -0.25) is 4.98 Å². The number of aromatic carboxylic acids is 1. The van der Waals surface area contributed by atoms with Crippen molar-refractivity contribution in [1.29, 1.82) is 0 Å². The zero-order valence-electron chi connectivity index (χ0n) is 11.0. The smallest absolute Gasteiger partial charge is 0.356 e. The fraction of sp³-hybridized carbons (Fsp3) is 0.308. The van der Waals surface area contributed by atoms with Crippen molar-refractivity contribution in [3.05, 3.63) is 41.2 Å². The van der Waals surface area contributed by atoms with E-state index in [0.717, 1.165) is 17.1 Å². The molecule has 0 amide bonds. The molecular formula is C13H15N3O3. The molecule has 0 radical (unpaired) electrons. The van der Waals surface area contributed by atoms with Crippen LogP contribution >= 0.6 is 0 Å². The van der Waals surface area contributed by atoms with Gasteiger partial charge in [-0.25, -0.2) is 9.78 Å². The summed E-state index contributed by atoms with van der Waals surface area (Å²) in [7, 11) is 0. The Morgan fingerprint density at radius 1 is 1.42 bits per heavy atom. The van der Waals surface area contributed by atoms with Crippen molar-refractivity contribution in [3.63, 3.8) is 0 Å². The fourth-order valence-electron chi connectivity index (χ4n) is 1.92. The van der Waals surface area contributed by atoms with E-state index in [1.165, 1.54) is 12.4 Å². The normalized spacial score (nSPS) is 12.2. The van der Waals surface area contributed by atoms with Crippen molar-refractivity contribution in [1.82, 2.24) is 9.97 Å². The number of nitrogens with one attached hydrogen (secondary N) is 1. The zero-order chi connectivity index (χ0) is 14.0. The summed E-state index contributed by atoms with van der Waals surface area (Å²) in [6, 6.07) is 1.90. The molecular weight excluding hydrogens is 246 g/mol. The highest BCUT2D eigenvalue weighted by Gasteiger charge is 2.14. The van der Waals surface area contributed by atoms with E-state index in [-0.39, 0.29) is 11.7 Å². The average Bonchev–Trinajstić information content (AvgIpc) is 2.69. The van der Waals surface area contributed by atoms with Crippen molar-refractivity contribution >= 4 is 11.8 Å². The van der Waals surface area contributed by atoms with Gasteiger partial charge in [-0.2, -0.15) is 0 Å². The Morgan fingerprint density at radius 3 is 2.74 bits per heavy atom. The summed E-state index contributed by atoms with van der Waals surface area (Å²) in [5.74, 6) is 0.996. The SMILES string of the molecule is Cc1cc(C(C)Nc2cncc(C(=O)O)n2)c(C)o1. The zero-order valence-corrected chi connectivity index (χ0v) is 11.0. The fourth-order valence-corrected chi connectivity index (χ4v) is 1.92. The topological polar surface area (TPSA) is 88.2 Å². The van der Waals surface area contributed by atoms with E-state index in [9.17, 15) is 4.79 Å². The molecule has 0 fully saturated rings. The number of furan rings is 1. The van der Waals surface area contributed by atoms with Gasteiger partial charge in [0.1, 0.15) is 17.3 Å². The van der Waals surface area contributed by atoms with Crippen LogP contribution in [0.4, 0.5) is 5.82 Å². The molecule has 6 nitrogen and oxygen atoms in total. The Kier molecular flexibility index (Phi) is 3.50. The number of rotatable bonds is 4. The van der Waals surface area contributed by atoms with Gasteiger partial charge in [0.25, 0.3) is 0 Å². The van der Waals surface area contributed by atoms with Crippen LogP contribution < -0.4 is 5.32 Å². The molecule has 0 aliphatic rings. The summed E-state index contributed by atoms with van der Waals surface area (Å²) in [6.45, 7) is 5.72. The maximum Gasteiger partial charge on any atom is 0.356 e. The maximum absolute atomic E-state index is 10.8. The Hall–Kier alpha value is -2.37. The van der Waals surface area contributed by atoms with Crippen LogP contribution in [-0.2, 0) is 0 Å². The summed E-state index contributed by atoms with van der Waals surface area (Å²) in [5, 5.41) is 12.0. The minimum Gasteiger partial charge on any atom is -0.476 e. The summed E-state index contributed by atoms with van der Waals surface area (Å²) in [4.78, 5) is 18.6. The van der Waals surface area contributed by atoms with Crippen molar-refractivity contribution in [2.75, 3.05) is 5.32 Å². The van der Waals surface area contributed by atoms with Gasteiger partial charge in [-0.05, 0) is 26.8 Å². The third-order valence-corrected chi connectivity index (χ3v) is 2.76. The molecule has 19 heavy (non-hydrogen) atoms. The van der Waals surface area contributed by atoms with Crippen LogP contribution in [0, 0.1) is 13.8 Å². The number of nitrogens with zero attached hydrogens (tertiary/aromatic N) is 2. The molecule has 0 aliphatic heterocycles. The number of carboxylic acids is 1. The van der Waals surface area contributed by atoms with Gasteiger partial charge in [0.05, 0.1) is 18.4 Å². The number of carbonyl (C=O) groups is 1. The van der Waals surface area contributed by atoms with Gasteiger partial charge >= 0.3 is 5.97 Å². The maximum atomic E-state index is 10.8. The van der Waals surface area contributed by atoms with Crippen LogP contribution in [0.2, 0.25) is 0 Å². The number of carboxylic acid groups (broad SMARTS) is 1. The van der Waals surface area contributed by atoms with Crippen molar-refractivity contribution < 1.29 is 14.3 Å². The van der Waals surface area contributed by atoms with E-state index in [4.69, 9.17) is 9.52 Å². The van der Waals surface area contributed by atoms with E-state index in [1.807, 2.05) is 26.8 Å². The predicted molar refractivity (Wildman–Crippen MR) is 69.2 cm³/mol. The third-order valence-electron chi connectivity index (χ3n) is 2.76. The number of anilines is 1. The highest BCUT2D eigenvalue weighted by molar-refractivity contribution is 5.85. The van der Waals surface area contributed by atoms with E-state index in [0.29, 0.717) is 5.82 Å². The standard InChI is InChI=1S/C13H15N3O3/c1-7-4-10(9(3)19-7)8(2)15-12-6-14-5-11(16-12)13(17)18/h4-6,8H,1-3H3,(H,15,16)(H,17,18). The average molecular weight is 261 g/mol. The van der Waals surface area contributed by atoms with Gasteiger partial charge in [-0.15, -0.1) is 0 Å². The number of hydrogen-bond acceptors (Lipinski definition) is 5. The second-order valence-electron chi connectivity index (χ2n) is 4.33. The Labute approximate surface area is 110 Å². The van der Waals surface area contributed by atoms with E-state index in [2.05, 4.69) is 15.3 Å². The van der Waals surface area contributed by atoms with Crippen LogP contribution in [0.15, 0.2) is 22.9 Å². The molecule has 0 saturated carbocycles. The van der Waals surface area contributed by atoms with Gasteiger partial charge < -0.3 is 14.8 Å². The van der Waals surface area contributed by atoms with Crippen molar-refractivity contribution in [2.45, 2.75) is 26.8 Å². The predicted octanol–water partition coefficient (Wildman–Crippen LogP) is 2.56. The molecule has 0 saturated heterocycles. The minimum absolute atomic E-state index is 0.0456. The van der Waals surface area contributed by atoms with Crippen LogP contribution in [0.1, 0.15) is 40.5 Å². The molecule has 0 aromatic carbocycles. The first-order valence-corrected chi connectivity index (χ1v) is 5.86. The summed E-state index contributed by atoms with van der Waals surface area (Å²) >= 11 is 0. The number of aryl methyl sites for hydroxylation is 2. The first kappa shape index (κ1) is 13.1. The molecule has 1 atom stereocenters. The lowest BCUT2D eigenvalue weighted by molar-refractivity contribution is 0.0690. The summed E-state index contributed by atoms with van der Waals surface area (Å²) < 4.78 is 5.47. The van der Waals surface area contributed by atoms with E-state index < -0.39 is 5.97 Å². The molecule has 6 heteroatoms. The third kappa shape index (κ3) is 2.90. The van der Waals surface area contributed by atoms with Gasteiger partial charge in [0.2, 0.25) is 0 Å². The molecule has 1 unspecified atom stereocenters. The summed E-state index contributed by atoms with van der Waals surface area (Å²) in [5.41, 5.74) is 0.928. The second kappa shape index (κ2) is 5.09. The molecule has 2 rings (SSSR count). The quantitative estimate of drug-likeness (QED) is 0.879. The van der Waals surface area contributed by atoms with Gasteiger partial charge in [0, 0.05) is 5.56 Å². The van der Waals surface area contributed by atoms with Crippen LogP contribution in [0.25, 0.3) is 0 Å². The molecule has 2 aromatic heterocycles. The largest absolute Gasteiger partial charge is 0.476 e. The second-order valence-corrected chi connectivity index (χ2v) is 4.33. The minimum atomic E-state index is -1.10. The Morgan fingerprint density at radius 2 is 2.16 bits per heavy atom. The lowest BCUT2D eigenvalue weighted by atomic mass is 10.1. The van der Waals surface area contributed by atoms with Crippen LogP contribution in [0.3, 0.4) is 0 Å². The van der Waals surface area contributed by atoms with Crippen LogP contribution in [0.5, 0.6) is 0 Å². The highest BCUT2D eigenvalue weighted by atomic mass is 16.4. The Bertz CT molecular complexity index is 607. The van der Waals surface area contributed by atoms with Gasteiger partial charge in [0.15, 0.2) is 5.69 Å². The molecule has 2 heterocycles. The number of aromatic nitrogens is 2. The first-order valence-electron chi connectivity index (χ1n) is 5.86. The van der Waals surface area contributed by atoms with Gasteiger partial charge in [-0.1, -0.05) is 0 Å².